The molecule has 20 heavy (non-hydrogen) atoms. The Labute approximate surface area is 125 Å². The number of hydrogen-bond acceptors (Lipinski definition) is 4. The van der Waals surface area contributed by atoms with E-state index >= 15 is 0 Å². The lowest BCUT2D eigenvalue weighted by molar-refractivity contribution is -0.150. The summed E-state index contributed by atoms with van der Waals surface area (Å²) in [6, 6.07) is 2.06. The van der Waals surface area contributed by atoms with Crippen molar-refractivity contribution in [1.82, 2.24) is 15.2 Å². The first-order chi connectivity index (χ1) is 9.56. The number of amides is 2. The Morgan fingerprint density at radius 2 is 2.20 bits per heavy atom. The molecular formula is C13H15BrN4O2. The van der Waals surface area contributed by atoms with Gasteiger partial charge in [0.05, 0.1) is 6.04 Å². The number of nitrogens with zero attached hydrogens (tertiary/aromatic N) is 3. The van der Waals surface area contributed by atoms with Crippen LogP contribution >= 0.6 is 15.9 Å². The van der Waals surface area contributed by atoms with Crippen molar-refractivity contribution in [1.29, 1.82) is 0 Å². The van der Waals surface area contributed by atoms with Crippen molar-refractivity contribution < 1.29 is 9.59 Å². The highest BCUT2D eigenvalue weighted by Gasteiger charge is 2.37. The zero-order valence-electron chi connectivity index (χ0n) is 11.1. The van der Waals surface area contributed by atoms with Gasteiger partial charge in [-0.3, -0.25) is 9.59 Å². The first-order valence-electron chi connectivity index (χ1n) is 6.52. The van der Waals surface area contributed by atoms with Crippen LogP contribution in [0.2, 0.25) is 0 Å². The Morgan fingerprint density at radius 3 is 2.95 bits per heavy atom. The van der Waals surface area contributed by atoms with Crippen molar-refractivity contribution >= 4 is 33.6 Å². The summed E-state index contributed by atoms with van der Waals surface area (Å²) in [5.74, 6) is 0.00264. The molecule has 6 nitrogen and oxygen atoms in total. The third kappa shape index (κ3) is 2.26. The molecule has 3 heterocycles. The minimum absolute atomic E-state index is 0.0275. The minimum atomic E-state index is -0.493. The van der Waals surface area contributed by atoms with Crippen molar-refractivity contribution in [2.45, 2.75) is 13.0 Å². The predicted molar refractivity (Wildman–Crippen MR) is 77.4 cm³/mol. The number of nitrogens with one attached hydrogen (secondary N) is 1. The van der Waals surface area contributed by atoms with Crippen LogP contribution in [0.4, 0.5) is 5.82 Å². The molecular weight excluding hydrogens is 324 g/mol. The summed E-state index contributed by atoms with van der Waals surface area (Å²) in [5.41, 5.74) is 1.13. The molecule has 2 saturated heterocycles. The number of anilines is 1. The van der Waals surface area contributed by atoms with E-state index in [0.717, 1.165) is 15.9 Å². The van der Waals surface area contributed by atoms with Crippen LogP contribution in [-0.4, -0.2) is 53.9 Å². The number of halogens is 1. The van der Waals surface area contributed by atoms with Crippen LogP contribution in [-0.2, 0) is 9.59 Å². The van der Waals surface area contributed by atoms with Gasteiger partial charge in [-0.1, -0.05) is 0 Å². The fourth-order valence-electron chi connectivity index (χ4n) is 2.62. The van der Waals surface area contributed by atoms with Gasteiger partial charge in [0.25, 0.3) is 0 Å². The van der Waals surface area contributed by atoms with Gasteiger partial charge in [-0.05, 0) is 34.5 Å². The lowest BCUT2D eigenvalue weighted by atomic mass is 10.1. The summed E-state index contributed by atoms with van der Waals surface area (Å²) in [4.78, 5) is 31.4. The number of carbonyl (C=O) groups excluding carboxylic acids is 2. The number of piperazine rings is 2. The SMILES string of the molecule is Cc1cc(N2CCN3C(=O)C(=O)NC[C@H]3C2)ncc1Br. The van der Waals surface area contributed by atoms with Gasteiger partial charge >= 0.3 is 11.8 Å². The highest BCUT2D eigenvalue weighted by atomic mass is 79.9. The van der Waals surface area contributed by atoms with Crippen molar-refractivity contribution in [3.8, 4) is 0 Å². The molecule has 3 rings (SSSR count). The van der Waals surface area contributed by atoms with E-state index in [0.29, 0.717) is 26.2 Å². The van der Waals surface area contributed by atoms with E-state index in [1.807, 2.05) is 13.0 Å². The summed E-state index contributed by atoms with van der Waals surface area (Å²) < 4.78 is 0.986. The number of hydrogen-bond donors (Lipinski definition) is 1. The molecule has 2 aliphatic rings. The van der Waals surface area contributed by atoms with Gasteiger partial charge in [0.15, 0.2) is 0 Å². The van der Waals surface area contributed by atoms with E-state index in [-0.39, 0.29) is 6.04 Å². The summed E-state index contributed by atoms with van der Waals surface area (Å²) in [6.45, 7) is 4.49. The second-order valence-electron chi connectivity index (χ2n) is 5.10. The molecule has 0 bridgehead atoms. The zero-order valence-corrected chi connectivity index (χ0v) is 12.7. The molecule has 1 aromatic heterocycles. The van der Waals surface area contributed by atoms with Gasteiger partial charge in [0.2, 0.25) is 0 Å². The van der Waals surface area contributed by atoms with Gasteiger partial charge in [-0.25, -0.2) is 4.98 Å². The van der Waals surface area contributed by atoms with E-state index < -0.39 is 11.8 Å². The van der Waals surface area contributed by atoms with Gasteiger partial charge in [0.1, 0.15) is 5.82 Å². The Morgan fingerprint density at radius 1 is 1.40 bits per heavy atom. The van der Waals surface area contributed by atoms with Gasteiger partial charge in [0, 0.05) is 36.8 Å². The lowest BCUT2D eigenvalue weighted by Gasteiger charge is -2.43. The fraction of sp³-hybridized carbons (Fsp3) is 0.462. The van der Waals surface area contributed by atoms with Crippen molar-refractivity contribution in [3.05, 3.63) is 22.3 Å². The van der Waals surface area contributed by atoms with E-state index in [2.05, 4.69) is 31.1 Å². The molecule has 0 radical (unpaired) electrons. The molecule has 1 atom stereocenters. The van der Waals surface area contributed by atoms with Gasteiger partial charge in [-0.15, -0.1) is 0 Å². The second kappa shape index (κ2) is 5.05. The quantitative estimate of drug-likeness (QED) is 0.748. The molecule has 7 heteroatoms. The van der Waals surface area contributed by atoms with E-state index in [9.17, 15) is 9.59 Å². The normalized spacial score (nSPS) is 22.6. The first kappa shape index (κ1) is 13.4. The molecule has 2 fully saturated rings. The average molecular weight is 339 g/mol. The van der Waals surface area contributed by atoms with Crippen molar-refractivity contribution in [2.24, 2.45) is 0 Å². The van der Waals surface area contributed by atoms with Crippen LogP contribution in [0.1, 0.15) is 5.56 Å². The number of aromatic nitrogens is 1. The van der Waals surface area contributed by atoms with Crippen LogP contribution in [0.15, 0.2) is 16.7 Å². The zero-order chi connectivity index (χ0) is 14.3. The van der Waals surface area contributed by atoms with Crippen LogP contribution in [0, 0.1) is 6.92 Å². The number of aryl methyl sites for hydroxylation is 1. The van der Waals surface area contributed by atoms with Gasteiger partial charge in [-0.2, -0.15) is 0 Å². The molecule has 1 N–H and O–H groups in total. The third-order valence-electron chi connectivity index (χ3n) is 3.79. The van der Waals surface area contributed by atoms with Crippen LogP contribution in [0.3, 0.4) is 0 Å². The second-order valence-corrected chi connectivity index (χ2v) is 5.95. The minimum Gasteiger partial charge on any atom is -0.353 e. The molecule has 106 valence electrons. The van der Waals surface area contributed by atoms with E-state index in [4.69, 9.17) is 0 Å². The Bertz CT molecular complexity index is 577. The standard InChI is InChI=1S/C13H15BrN4O2/c1-8-4-11(15-6-10(8)14)17-2-3-18-9(7-17)5-16-12(19)13(18)20/h4,6,9H,2-3,5,7H2,1H3,(H,16,19)/t9-/m0/s1. The van der Waals surface area contributed by atoms with Crippen LogP contribution in [0.25, 0.3) is 0 Å². The third-order valence-corrected chi connectivity index (χ3v) is 4.62. The maximum Gasteiger partial charge on any atom is 0.312 e. The number of rotatable bonds is 1. The van der Waals surface area contributed by atoms with E-state index in [1.165, 1.54) is 0 Å². The maximum absolute atomic E-state index is 11.8. The van der Waals surface area contributed by atoms with Crippen LogP contribution < -0.4 is 10.2 Å². The Kier molecular flexibility index (Phi) is 3.37. The molecule has 2 amide bonds. The smallest absolute Gasteiger partial charge is 0.312 e. The van der Waals surface area contributed by atoms with Crippen LogP contribution in [0.5, 0.6) is 0 Å². The number of carbonyl (C=O) groups is 2. The van der Waals surface area contributed by atoms with E-state index in [1.54, 1.807) is 11.1 Å². The summed E-state index contributed by atoms with van der Waals surface area (Å²) in [7, 11) is 0. The monoisotopic (exact) mass is 338 g/mol. The van der Waals surface area contributed by atoms with Crippen molar-refractivity contribution in [2.75, 3.05) is 31.1 Å². The predicted octanol–water partition coefficient (Wildman–Crippen LogP) is 0.300. The summed E-state index contributed by atoms with van der Waals surface area (Å²) >= 11 is 3.44. The fourth-order valence-corrected chi connectivity index (χ4v) is 2.84. The number of pyridine rings is 1. The first-order valence-corrected chi connectivity index (χ1v) is 7.31. The molecule has 2 aliphatic heterocycles. The number of fused-ring (bicyclic) bond motifs is 1. The molecule has 0 saturated carbocycles. The Hall–Kier alpha value is -1.63. The highest BCUT2D eigenvalue weighted by Crippen LogP contribution is 2.23. The highest BCUT2D eigenvalue weighted by molar-refractivity contribution is 9.10. The Balaban J connectivity index is 1.77. The largest absolute Gasteiger partial charge is 0.353 e. The molecule has 0 spiro atoms. The molecule has 0 unspecified atom stereocenters. The topological polar surface area (TPSA) is 65.5 Å². The van der Waals surface area contributed by atoms with Gasteiger partial charge < -0.3 is 15.1 Å². The molecule has 1 aromatic rings. The average Bonchev–Trinajstić information content (AvgIpc) is 2.45. The lowest BCUT2D eigenvalue weighted by Crippen LogP contribution is -2.65. The summed E-state index contributed by atoms with van der Waals surface area (Å²) in [6.07, 6.45) is 1.80. The van der Waals surface area contributed by atoms with Crippen molar-refractivity contribution in [3.63, 3.8) is 0 Å². The maximum atomic E-state index is 11.8. The summed E-state index contributed by atoms with van der Waals surface area (Å²) in [5, 5.41) is 2.64. The molecule has 0 aliphatic carbocycles. The molecule has 0 aromatic carbocycles.